The highest BCUT2D eigenvalue weighted by Crippen LogP contribution is 2.39. The molecule has 2 fully saturated rings. The number of halogens is 2. The number of thiophene rings is 1. The number of carbonyl (C=O) groups excluding carboxylic acids is 3. The van der Waals surface area contributed by atoms with Crippen LogP contribution < -0.4 is 10.6 Å². The van der Waals surface area contributed by atoms with Gasteiger partial charge in [0.1, 0.15) is 9.88 Å². The second-order valence-electron chi connectivity index (χ2n) is 6.75. The smallest absolute Gasteiger partial charge is 0.323 e. The molecular weight excluding hydrogens is 443 g/mol. The van der Waals surface area contributed by atoms with Crippen LogP contribution in [0.25, 0.3) is 11.3 Å². The lowest BCUT2D eigenvalue weighted by Gasteiger charge is -2.19. The van der Waals surface area contributed by atoms with Gasteiger partial charge in [-0.15, -0.1) is 22.7 Å². The van der Waals surface area contributed by atoms with Crippen molar-refractivity contribution in [3.05, 3.63) is 20.1 Å². The molecule has 3 heterocycles. The van der Waals surface area contributed by atoms with Crippen LogP contribution >= 0.6 is 45.9 Å². The van der Waals surface area contributed by atoms with Gasteiger partial charge in [0.05, 0.1) is 10.0 Å². The summed E-state index contributed by atoms with van der Waals surface area (Å²) in [7, 11) is 0. The number of amides is 4. The topological polar surface area (TPSA) is 91.4 Å². The van der Waals surface area contributed by atoms with Gasteiger partial charge in [0.25, 0.3) is 5.91 Å². The van der Waals surface area contributed by atoms with Crippen molar-refractivity contribution >= 4 is 68.9 Å². The fourth-order valence-corrected chi connectivity index (χ4v) is 5.77. The standard InChI is InChI=1S/C17H16Cl2N4O3S2/c18-11-7-9(13(19)28-11)10-8-27-15(20-10)21-12(24)3-6-23-14(25)17(22-16(23)26)4-1-2-5-17/h7-8H,1-6H2,(H,22,26)(H,20,21,24). The molecule has 11 heteroatoms. The molecule has 2 aromatic rings. The van der Waals surface area contributed by atoms with E-state index in [9.17, 15) is 14.4 Å². The highest BCUT2D eigenvalue weighted by Gasteiger charge is 2.52. The molecule has 1 saturated carbocycles. The largest absolute Gasteiger partial charge is 0.325 e. The summed E-state index contributed by atoms with van der Waals surface area (Å²) in [5.41, 5.74) is 0.596. The zero-order chi connectivity index (χ0) is 19.9. The maximum Gasteiger partial charge on any atom is 0.325 e. The van der Waals surface area contributed by atoms with Gasteiger partial charge in [0.15, 0.2) is 5.13 Å². The van der Waals surface area contributed by atoms with E-state index >= 15 is 0 Å². The van der Waals surface area contributed by atoms with Gasteiger partial charge in [0.2, 0.25) is 5.91 Å². The average Bonchev–Trinajstić information content (AvgIpc) is 3.39. The van der Waals surface area contributed by atoms with Crippen LogP contribution in [0.2, 0.25) is 8.67 Å². The Hall–Kier alpha value is -1.68. The van der Waals surface area contributed by atoms with Crippen LogP contribution in [0, 0.1) is 0 Å². The maximum atomic E-state index is 12.6. The van der Waals surface area contributed by atoms with Gasteiger partial charge in [-0.1, -0.05) is 36.0 Å². The van der Waals surface area contributed by atoms with Gasteiger partial charge in [-0.3, -0.25) is 14.5 Å². The first-order chi connectivity index (χ1) is 13.4. The van der Waals surface area contributed by atoms with Crippen molar-refractivity contribution < 1.29 is 14.4 Å². The molecule has 7 nitrogen and oxygen atoms in total. The Morgan fingerprint density at radius 2 is 2.07 bits per heavy atom. The number of aromatic nitrogens is 1. The van der Waals surface area contributed by atoms with Crippen LogP contribution in [0.15, 0.2) is 11.4 Å². The van der Waals surface area contributed by atoms with Gasteiger partial charge < -0.3 is 10.6 Å². The molecule has 2 aliphatic rings. The average molecular weight is 459 g/mol. The molecule has 148 valence electrons. The third-order valence-corrected chi connectivity index (χ3v) is 7.19. The summed E-state index contributed by atoms with van der Waals surface area (Å²) in [6, 6.07) is 1.31. The minimum Gasteiger partial charge on any atom is -0.323 e. The lowest BCUT2D eigenvalue weighted by molar-refractivity contribution is -0.131. The number of rotatable bonds is 5. The number of carbonyl (C=O) groups is 3. The molecule has 0 atom stereocenters. The second-order valence-corrected chi connectivity index (χ2v) is 9.89. The molecule has 1 aliphatic heterocycles. The van der Waals surface area contributed by atoms with Crippen molar-refractivity contribution in [2.75, 3.05) is 11.9 Å². The van der Waals surface area contributed by atoms with E-state index in [1.54, 1.807) is 11.4 Å². The van der Waals surface area contributed by atoms with E-state index in [0.29, 0.717) is 32.3 Å². The first-order valence-electron chi connectivity index (χ1n) is 8.73. The first kappa shape index (κ1) is 19.6. The van der Waals surface area contributed by atoms with E-state index in [1.807, 2.05) is 0 Å². The fourth-order valence-electron chi connectivity index (χ4n) is 3.56. The van der Waals surface area contributed by atoms with Crippen LogP contribution in [-0.4, -0.2) is 39.8 Å². The van der Waals surface area contributed by atoms with Crippen molar-refractivity contribution in [2.45, 2.75) is 37.6 Å². The van der Waals surface area contributed by atoms with Gasteiger partial charge in [-0.2, -0.15) is 0 Å². The van der Waals surface area contributed by atoms with Gasteiger partial charge in [0, 0.05) is 23.9 Å². The summed E-state index contributed by atoms with van der Waals surface area (Å²) in [5, 5.41) is 7.70. The number of hydrogen-bond acceptors (Lipinski definition) is 6. The minimum absolute atomic E-state index is 0.00912. The van der Waals surface area contributed by atoms with Crippen molar-refractivity contribution in [1.82, 2.24) is 15.2 Å². The number of nitrogens with zero attached hydrogens (tertiary/aromatic N) is 2. The number of anilines is 1. The normalized spacial score (nSPS) is 18.1. The molecule has 4 rings (SSSR count). The van der Waals surface area contributed by atoms with Crippen LogP contribution in [0.1, 0.15) is 32.1 Å². The summed E-state index contributed by atoms with van der Waals surface area (Å²) in [5.74, 6) is -0.536. The molecule has 0 unspecified atom stereocenters. The zero-order valence-electron chi connectivity index (χ0n) is 14.6. The molecule has 0 bridgehead atoms. The number of nitrogens with one attached hydrogen (secondary N) is 2. The van der Waals surface area contributed by atoms with Crippen LogP contribution in [0.3, 0.4) is 0 Å². The quantitative estimate of drug-likeness (QED) is 0.650. The van der Waals surface area contributed by atoms with E-state index < -0.39 is 11.6 Å². The molecule has 1 aliphatic carbocycles. The Kier molecular flexibility index (Phi) is 5.34. The second kappa shape index (κ2) is 7.62. The SMILES string of the molecule is O=C(CCN1C(=O)NC2(CCCC2)C1=O)Nc1nc(-c2cc(Cl)sc2Cl)cs1. The van der Waals surface area contributed by atoms with Crippen LogP contribution in [0.4, 0.5) is 9.93 Å². The highest BCUT2D eigenvalue weighted by atomic mass is 35.5. The Balaban J connectivity index is 1.35. The Morgan fingerprint density at radius 1 is 1.32 bits per heavy atom. The number of hydrogen-bond donors (Lipinski definition) is 2. The zero-order valence-corrected chi connectivity index (χ0v) is 17.7. The monoisotopic (exact) mass is 458 g/mol. The molecule has 0 radical (unpaired) electrons. The minimum atomic E-state index is -0.751. The third-order valence-electron chi connectivity index (χ3n) is 4.95. The van der Waals surface area contributed by atoms with Crippen molar-refractivity contribution in [1.29, 1.82) is 0 Å². The Bertz CT molecular complexity index is 952. The van der Waals surface area contributed by atoms with Crippen LogP contribution in [-0.2, 0) is 9.59 Å². The van der Waals surface area contributed by atoms with Crippen molar-refractivity contribution in [3.63, 3.8) is 0 Å². The molecule has 2 aromatic heterocycles. The first-order valence-corrected chi connectivity index (χ1v) is 11.2. The fraction of sp³-hybridized carbons (Fsp3) is 0.412. The molecule has 4 amide bonds. The molecular formula is C17H16Cl2N4O3S2. The summed E-state index contributed by atoms with van der Waals surface area (Å²) in [6.07, 6.45) is 3.18. The summed E-state index contributed by atoms with van der Waals surface area (Å²) in [4.78, 5) is 42.5. The van der Waals surface area contributed by atoms with Gasteiger partial charge in [-0.25, -0.2) is 9.78 Å². The number of thiazole rings is 1. The van der Waals surface area contributed by atoms with Gasteiger partial charge >= 0.3 is 6.03 Å². The summed E-state index contributed by atoms with van der Waals surface area (Å²) < 4.78 is 1.10. The molecule has 1 spiro atoms. The number of imide groups is 1. The van der Waals surface area contributed by atoms with Crippen molar-refractivity contribution in [2.24, 2.45) is 0 Å². The van der Waals surface area contributed by atoms with E-state index in [4.69, 9.17) is 23.2 Å². The lowest BCUT2D eigenvalue weighted by Crippen LogP contribution is -2.44. The van der Waals surface area contributed by atoms with Crippen molar-refractivity contribution in [3.8, 4) is 11.3 Å². The maximum absolute atomic E-state index is 12.6. The molecule has 28 heavy (non-hydrogen) atoms. The lowest BCUT2D eigenvalue weighted by atomic mass is 9.98. The van der Waals surface area contributed by atoms with E-state index in [-0.39, 0.29) is 24.8 Å². The molecule has 2 N–H and O–H groups in total. The summed E-state index contributed by atoms with van der Waals surface area (Å²) >= 11 is 14.6. The number of urea groups is 1. The Labute approximate surface area is 179 Å². The highest BCUT2D eigenvalue weighted by molar-refractivity contribution is 7.20. The Morgan fingerprint density at radius 3 is 2.75 bits per heavy atom. The molecule has 0 aromatic carbocycles. The van der Waals surface area contributed by atoms with E-state index in [2.05, 4.69) is 15.6 Å². The predicted octanol–water partition coefficient (Wildman–Crippen LogP) is 4.37. The predicted molar refractivity (Wildman–Crippen MR) is 110 cm³/mol. The van der Waals surface area contributed by atoms with Gasteiger partial charge in [-0.05, 0) is 18.9 Å². The van der Waals surface area contributed by atoms with Crippen LogP contribution in [0.5, 0.6) is 0 Å². The van der Waals surface area contributed by atoms with E-state index in [0.717, 1.165) is 23.3 Å². The summed E-state index contributed by atoms with van der Waals surface area (Å²) in [6.45, 7) is 0.0441. The third kappa shape index (κ3) is 3.63. The molecule has 1 saturated heterocycles. The van der Waals surface area contributed by atoms with E-state index in [1.165, 1.54) is 22.7 Å².